The second-order valence-electron chi connectivity index (χ2n) is 4.24. The van der Waals surface area contributed by atoms with Crippen LogP contribution in [0, 0.1) is 0 Å². The molecule has 0 heterocycles. The van der Waals surface area contributed by atoms with E-state index in [0.29, 0.717) is 0 Å². The Hall–Kier alpha value is -3.06. The molecule has 0 atom stereocenters. The summed E-state index contributed by atoms with van der Waals surface area (Å²) < 4.78 is 0. The quantitative estimate of drug-likeness (QED) is 0.460. The van der Waals surface area contributed by atoms with E-state index >= 15 is 0 Å². The molecule has 9 heteroatoms. The second kappa shape index (κ2) is 9.94. The number of hydrogen-bond acceptors (Lipinski definition) is 8. The number of carbonyl (C=O) groups excluding carboxylic acids is 4. The summed E-state index contributed by atoms with van der Waals surface area (Å²) in [6.07, 6.45) is 0. The van der Waals surface area contributed by atoms with Crippen molar-refractivity contribution in [3.05, 3.63) is 70.8 Å². The third kappa shape index (κ3) is 6.16. The van der Waals surface area contributed by atoms with Gasteiger partial charge in [-0.05, 0) is 0 Å². The smallest absolute Gasteiger partial charge is 0.545 e. The van der Waals surface area contributed by atoms with Gasteiger partial charge in [-0.3, -0.25) is 0 Å². The zero-order chi connectivity index (χ0) is 18.3. The van der Waals surface area contributed by atoms with Gasteiger partial charge in [0.05, 0.1) is 23.9 Å². The Morgan fingerprint density at radius 3 is 0.760 bits per heavy atom. The second-order valence-corrected chi connectivity index (χ2v) is 4.24. The van der Waals surface area contributed by atoms with Crippen LogP contribution < -0.4 is 20.4 Å². The predicted molar refractivity (Wildman–Crippen MR) is 70.2 cm³/mol. The van der Waals surface area contributed by atoms with E-state index in [2.05, 4.69) is 0 Å². The fourth-order valence-corrected chi connectivity index (χ4v) is 1.68. The molecule has 0 amide bonds. The van der Waals surface area contributed by atoms with Crippen LogP contribution in [0.2, 0.25) is 0 Å². The van der Waals surface area contributed by atoms with Crippen LogP contribution in [0.4, 0.5) is 0 Å². The first-order valence-electron chi connectivity index (χ1n) is 6.29. The van der Waals surface area contributed by atoms with E-state index in [4.69, 9.17) is 0 Å². The first-order valence-corrected chi connectivity index (χ1v) is 6.29. The van der Waals surface area contributed by atoms with Gasteiger partial charge in [0.2, 0.25) is 0 Å². The number of aromatic carboxylic acids is 4. The molecule has 0 aliphatic rings. The summed E-state index contributed by atoms with van der Waals surface area (Å²) in [6, 6.07) is 10.3. The largest absolute Gasteiger partial charge is 4.00 e. The third-order valence-corrected chi connectivity index (χ3v) is 2.73. The van der Waals surface area contributed by atoms with E-state index in [9.17, 15) is 39.6 Å². The van der Waals surface area contributed by atoms with Crippen molar-refractivity contribution in [2.75, 3.05) is 0 Å². The summed E-state index contributed by atoms with van der Waals surface area (Å²) >= 11 is 0. The fourth-order valence-electron chi connectivity index (χ4n) is 1.68. The molecule has 2 rings (SSSR count). The van der Waals surface area contributed by atoms with E-state index in [0.717, 1.165) is 24.3 Å². The number of benzene rings is 2. The van der Waals surface area contributed by atoms with Crippen LogP contribution in [0.25, 0.3) is 0 Å². The Balaban J connectivity index is 0.000000443. The van der Waals surface area contributed by atoms with E-state index < -0.39 is 23.9 Å². The van der Waals surface area contributed by atoms with Crippen LogP contribution in [0.3, 0.4) is 0 Å². The molecule has 0 N–H and O–H groups in total. The fraction of sp³-hybridized carbons (Fsp3) is 0. The molecule has 2 aromatic rings. The molecular weight excluding hydrogens is 421 g/mol. The molecule has 0 saturated heterocycles. The molecule has 128 valence electrons. The molecule has 0 saturated carbocycles. The molecule has 25 heavy (non-hydrogen) atoms. The van der Waals surface area contributed by atoms with Crippen LogP contribution in [-0.4, -0.2) is 23.9 Å². The van der Waals surface area contributed by atoms with Gasteiger partial charge < -0.3 is 39.6 Å². The maximum absolute atomic E-state index is 10.3. The van der Waals surface area contributed by atoms with Gasteiger partial charge in [-0.2, -0.15) is 0 Å². The normalized spacial score (nSPS) is 8.96. The molecule has 0 fully saturated rings. The maximum atomic E-state index is 10.3. The van der Waals surface area contributed by atoms with E-state index in [1.807, 2.05) is 0 Å². The Labute approximate surface area is 154 Å². The minimum absolute atomic E-state index is 0. The molecule has 0 aromatic heterocycles. The topological polar surface area (TPSA) is 161 Å². The first-order chi connectivity index (χ1) is 11.3. The summed E-state index contributed by atoms with van der Waals surface area (Å²) in [5.41, 5.74) is -1.45. The van der Waals surface area contributed by atoms with E-state index in [1.54, 1.807) is 0 Å². The van der Waals surface area contributed by atoms with Crippen LogP contribution in [0.1, 0.15) is 41.4 Å². The molecule has 0 aliphatic carbocycles. The Bertz CT molecular complexity index is 667. The van der Waals surface area contributed by atoms with Crippen molar-refractivity contribution in [2.24, 2.45) is 0 Å². The predicted octanol–water partition coefficient (Wildman–Crippen LogP) is -3.18. The molecule has 0 aliphatic heterocycles. The number of carboxylic acid groups (broad SMARTS) is 4. The van der Waals surface area contributed by atoms with Crippen LogP contribution in [0.5, 0.6) is 0 Å². The molecule has 0 unspecified atom stereocenters. The van der Waals surface area contributed by atoms with Crippen LogP contribution >= 0.6 is 0 Å². The van der Waals surface area contributed by atoms with Crippen molar-refractivity contribution in [3.63, 3.8) is 0 Å². The van der Waals surface area contributed by atoms with Gasteiger partial charge in [-0.15, -0.1) is 0 Å². The zero-order valence-electron chi connectivity index (χ0n) is 12.2. The van der Waals surface area contributed by atoms with Gasteiger partial charge in [0, 0.05) is 22.3 Å². The summed E-state index contributed by atoms with van der Waals surface area (Å²) in [5, 5.41) is 41.3. The molecule has 0 spiro atoms. The number of hydrogen-bond donors (Lipinski definition) is 0. The van der Waals surface area contributed by atoms with Crippen molar-refractivity contribution in [2.45, 2.75) is 0 Å². The molecular formula is C16H8O8Ru. The third-order valence-electron chi connectivity index (χ3n) is 2.73. The van der Waals surface area contributed by atoms with Crippen LogP contribution in [-0.2, 0) is 19.5 Å². The van der Waals surface area contributed by atoms with Crippen molar-refractivity contribution in [1.82, 2.24) is 0 Å². The minimum Gasteiger partial charge on any atom is -0.545 e. The molecule has 0 bridgehead atoms. The Morgan fingerprint density at radius 2 is 0.640 bits per heavy atom. The van der Waals surface area contributed by atoms with Gasteiger partial charge in [0.25, 0.3) is 0 Å². The van der Waals surface area contributed by atoms with Gasteiger partial charge in [0.1, 0.15) is 0 Å². The van der Waals surface area contributed by atoms with E-state index in [-0.39, 0.29) is 41.7 Å². The number of rotatable bonds is 4. The van der Waals surface area contributed by atoms with Gasteiger partial charge in [-0.25, -0.2) is 0 Å². The first kappa shape index (κ1) is 21.9. The summed E-state index contributed by atoms with van der Waals surface area (Å²) in [6.45, 7) is 0. The number of carboxylic acids is 4. The Kier molecular flexibility index (Phi) is 8.73. The monoisotopic (exact) mass is 430 g/mol. The van der Waals surface area contributed by atoms with Crippen molar-refractivity contribution in [1.29, 1.82) is 0 Å². The Morgan fingerprint density at radius 1 is 0.480 bits per heavy atom. The SMILES string of the molecule is O=C([O-])c1ccccc1C(=O)[O-].O=C([O-])c1ccccc1C(=O)[O-].[Ru+4]. The summed E-state index contributed by atoms with van der Waals surface area (Å²) in [7, 11) is 0. The molecule has 0 radical (unpaired) electrons. The zero-order valence-corrected chi connectivity index (χ0v) is 14.0. The van der Waals surface area contributed by atoms with Crippen molar-refractivity contribution < 1.29 is 59.1 Å². The van der Waals surface area contributed by atoms with Gasteiger partial charge in [0.15, 0.2) is 0 Å². The summed E-state index contributed by atoms with van der Waals surface area (Å²) in [4.78, 5) is 41.3. The average molecular weight is 429 g/mol. The number of carbonyl (C=O) groups is 4. The molecule has 8 nitrogen and oxygen atoms in total. The van der Waals surface area contributed by atoms with E-state index in [1.165, 1.54) is 24.3 Å². The van der Waals surface area contributed by atoms with Crippen molar-refractivity contribution in [3.8, 4) is 0 Å². The van der Waals surface area contributed by atoms with Crippen molar-refractivity contribution >= 4 is 23.9 Å². The standard InChI is InChI=1S/2C8H6O4.Ru/c2*9-7(10)5-3-1-2-4-6(5)8(11)12;/h2*1-4H,(H,9,10)(H,11,12);/q;;+4/p-4. The summed E-state index contributed by atoms with van der Waals surface area (Å²) in [5.74, 6) is -6.07. The molecule has 2 aromatic carbocycles. The minimum atomic E-state index is -1.52. The van der Waals surface area contributed by atoms with Gasteiger partial charge >= 0.3 is 19.5 Å². The maximum Gasteiger partial charge on any atom is 4.00 e. The van der Waals surface area contributed by atoms with Gasteiger partial charge in [-0.1, -0.05) is 48.5 Å². The van der Waals surface area contributed by atoms with Crippen LogP contribution in [0.15, 0.2) is 48.5 Å². The average Bonchev–Trinajstić information content (AvgIpc) is 2.55.